The fourth-order valence-electron chi connectivity index (χ4n) is 1.83. The third-order valence-electron chi connectivity index (χ3n) is 3.58. The van der Waals surface area contributed by atoms with E-state index in [9.17, 15) is 9.59 Å². The summed E-state index contributed by atoms with van der Waals surface area (Å²) in [5.41, 5.74) is 11.2. The lowest BCUT2D eigenvalue weighted by atomic mass is 10.0. The van der Waals surface area contributed by atoms with Gasteiger partial charge in [-0.05, 0) is 31.7 Å². The van der Waals surface area contributed by atoms with E-state index in [1.54, 1.807) is 6.92 Å². The Balaban J connectivity index is 0. The Labute approximate surface area is 140 Å². The van der Waals surface area contributed by atoms with Crippen LogP contribution in [0.3, 0.4) is 0 Å². The van der Waals surface area contributed by atoms with Crippen molar-refractivity contribution in [3.8, 4) is 0 Å². The van der Waals surface area contributed by atoms with Gasteiger partial charge in [0.1, 0.15) is 6.04 Å². The van der Waals surface area contributed by atoms with Crippen LogP contribution in [0.2, 0.25) is 0 Å². The van der Waals surface area contributed by atoms with E-state index in [1.807, 2.05) is 0 Å². The van der Waals surface area contributed by atoms with Gasteiger partial charge in [0.15, 0.2) is 0 Å². The second kappa shape index (κ2) is 17.2. The van der Waals surface area contributed by atoms with Crippen LogP contribution >= 0.6 is 0 Å². The number of carboxylic acids is 1. The molecular formula is C17H36N2O4. The SMILES string of the molecule is CCC(=O)O.CCCCC(CC)COC(=O)[C@@H](N)CCCCN. The average molecular weight is 332 g/mol. The molecule has 23 heavy (non-hydrogen) atoms. The number of carbonyl (C=O) groups is 2. The Kier molecular flexibility index (Phi) is 18.1. The predicted octanol–water partition coefficient (Wildman–Crippen LogP) is 2.68. The summed E-state index contributed by atoms with van der Waals surface area (Å²) < 4.78 is 5.29. The number of hydrogen-bond acceptors (Lipinski definition) is 5. The van der Waals surface area contributed by atoms with E-state index < -0.39 is 12.0 Å². The van der Waals surface area contributed by atoms with Gasteiger partial charge in [0.05, 0.1) is 6.61 Å². The molecule has 6 nitrogen and oxygen atoms in total. The van der Waals surface area contributed by atoms with Crippen molar-refractivity contribution in [2.45, 2.75) is 78.2 Å². The summed E-state index contributed by atoms with van der Waals surface area (Å²) in [6.45, 7) is 7.07. The number of esters is 1. The van der Waals surface area contributed by atoms with Gasteiger partial charge in [-0.15, -0.1) is 0 Å². The van der Waals surface area contributed by atoms with Crippen molar-refractivity contribution in [3.63, 3.8) is 0 Å². The maximum absolute atomic E-state index is 11.7. The summed E-state index contributed by atoms with van der Waals surface area (Å²) in [6, 6.07) is -0.486. The van der Waals surface area contributed by atoms with Crippen LogP contribution in [0.15, 0.2) is 0 Å². The minimum Gasteiger partial charge on any atom is -0.481 e. The molecular weight excluding hydrogens is 296 g/mol. The van der Waals surface area contributed by atoms with Crippen molar-refractivity contribution in [1.82, 2.24) is 0 Å². The van der Waals surface area contributed by atoms with Gasteiger partial charge < -0.3 is 21.3 Å². The highest BCUT2D eigenvalue weighted by molar-refractivity contribution is 5.75. The van der Waals surface area contributed by atoms with Crippen LogP contribution in [0, 0.1) is 5.92 Å². The molecule has 0 aromatic heterocycles. The molecule has 2 atom stereocenters. The molecule has 138 valence electrons. The van der Waals surface area contributed by atoms with Crippen LogP contribution in [0.1, 0.15) is 72.1 Å². The summed E-state index contributed by atoms with van der Waals surface area (Å²) in [5, 5.41) is 7.72. The summed E-state index contributed by atoms with van der Waals surface area (Å²) in [6.07, 6.45) is 7.25. The number of hydrogen-bond donors (Lipinski definition) is 3. The van der Waals surface area contributed by atoms with Crippen molar-refractivity contribution in [2.75, 3.05) is 13.2 Å². The quantitative estimate of drug-likeness (QED) is 0.374. The molecule has 0 rings (SSSR count). The molecule has 0 spiro atoms. The number of carbonyl (C=O) groups excluding carboxylic acids is 1. The minimum absolute atomic E-state index is 0.222. The first-order valence-electron chi connectivity index (χ1n) is 8.76. The van der Waals surface area contributed by atoms with E-state index in [-0.39, 0.29) is 12.4 Å². The predicted molar refractivity (Wildman–Crippen MR) is 93.1 cm³/mol. The molecule has 0 radical (unpaired) electrons. The molecule has 0 aromatic carbocycles. The fourth-order valence-corrected chi connectivity index (χ4v) is 1.83. The van der Waals surface area contributed by atoms with Crippen LogP contribution < -0.4 is 11.5 Å². The summed E-state index contributed by atoms with van der Waals surface area (Å²) in [4.78, 5) is 21.0. The number of nitrogens with two attached hydrogens (primary N) is 2. The van der Waals surface area contributed by atoms with Crippen LogP contribution in [0.5, 0.6) is 0 Å². The van der Waals surface area contributed by atoms with Crippen LogP contribution in [-0.4, -0.2) is 36.2 Å². The van der Waals surface area contributed by atoms with Gasteiger partial charge in [-0.1, -0.05) is 46.5 Å². The zero-order valence-electron chi connectivity index (χ0n) is 15.1. The molecule has 0 aliphatic rings. The zero-order valence-corrected chi connectivity index (χ0v) is 15.1. The third kappa shape index (κ3) is 17.1. The largest absolute Gasteiger partial charge is 0.481 e. The van der Waals surface area contributed by atoms with Gasteiger partial charge in [0, 0.05) is 6.42 Å². The smallest absolute Gasteiger partial charge is 0.322 e. The van der Waals surface area contributed by atoms with Gasteiger partial charge in [0.2, 0.25) is 0 Å². The van der Waals surface area contributed by atoms with Crippen LogP contribution in [0.25, 0.3) is 0 Å². The summed E-state index contributed by atoms with van der Waals surface area (Å²) in [7, 11) is 0. The Morgan fingerprint density at radius 3 is 2.13 bits per heavy atom. The first-order chi connectivity index (χ1) is 10.9. The molecule has 0 aliphatic carbocycles. The summed E-state index contributed by atoms with van der Waals surface area (Å²) >= 11 is 0. The lowest BCUT2D eigenvalue weighted by Gasteiger charge is -2.16. The fraction of sp³-hybridized carbons (Fsp3) is 0.882. The van der Waals surface area contributed by atoms with Crippen molar-refractivity contribution in [2.24, 2.45) is 17.4 Å². The van der Waals surface area contributed by atoms with Gasteiger partial charge in [-0.2, -0.15) is 0 Å². The molecule has 0 fully saturated rings. The Bertz CT molecular complexity index is 298. The molecule has 0 amide bonds. The molecule has 6 heteroatoms. The molecule has 0 heterocycles. The lowest BCUT2D eigenvalue weighted by molar-refractivity contribution is -0.147. The molecule has 0 bridgehead atoms. The first-order valence-corrected chi connectivity index (χ1v) is 8.76. The standard InChI is InChI=1S/C14H30N2O2.C3H6O2/c1-3-5-8-12(4-2)11-18-14(17)13(16)9-6-7-10-15;1-2-3(4)5/h12-13H,3-11,15-16H2,1-2H3;2H2,1H3,(H,4,5)/t12?,13-;/m0./s1. The second-order valence-electron chi connectivity index (χ2n) is 5.68. The van der Waals surface area contributed by atoms with Gasteiger partial charge in [0.25, 0.3) is 0 Å². The van der Waals surface area contributed by atoms with Gasteiger partial charge in [-0.3, -0.25) is 9.59 Å². The van der Waals surface area contributed by atoms with Crippen LogP contribution in [-0.2, 0) is 14.3 Å². The monoisotopic (exact) mass is 332 g/mol. The first kappa shape index (κ1) is 24.1. The number of unbranched alkanes of at least 4 members (excludes halogenated alkanes) is 2. The average Bonchev–Trinajstić information content (AvgIpc) is 2.55. The maximum Gasteiger partial charge on any atom is 0.322 e. The highest BCUT2D eigenvalue weighted by Gasteiger charge is 2.16. The van der Waals surface area contributed by atoms with Crippen molar-refractivity contribution < 1.29 is 19.4 Å². The Morgan fingerprint density at radius 2 is 1.70 bits per heavy atom. The van der Waals surface area contributed by atoms with Crippen molar-refractivity contribution in [1.29, 1.82) is 0 Å². The van der Waals surface area contributed by atoms with E-state index >= 15 is 0 Å². The zero-order chi connectivity index (χ0) is 18.1. The summed E-state index contributed by atoms with van der Waals surface area (Å²) in [5.74, 6) is -0.530. The van der Waals surface area contributed by atoms with Gasteiger partial charge in [-0.25, -0.2) is 0 Å². The molecule has 1 unspecified atom stereocenters. The van der Waals surface area contributed by atoms with Crippen molar-refractivity contribution >= 4 is 11.9 Å². The number of aliphatic carboxylic acids is 1. The van der Waals surface area contributed by atoms with E-state index in [2.05, 4.69) is 13.8 Å². The van der Waals surface area contributed by atoms with Gasteiger partial charge >= 0.3 is 11.9 Å². The topological polar surface area (TPSA) is 116 Å². The van der Waals surface area contributed by atoms with Crippen molar-refractivity contribution in [3.05, 3.63) is 0 Å². The number of rotatable bonds is 12. The maximum atomic E-state index is 11.7. The third-order valence-corrected chi connectivity index (χ3v) is 3.58. The Hall–Kier alpha value is -1.14. The highest BCUT2D eigenvalue weighted by atomic mass is 16.5. The number of carboxylic acid groups (broad SMARTS) is 1. The lowest BCUT2D eigenvalue weighted by Crippen LogP contribution is -2.33. The number of ether oxygens (including phenoxy) is 1. The molecule has 0 saturated heterocycles. The Morgan fingerprint density at radius 1 is 1.09 bits per heavy atom. The second-order valence-corrected chi connectivity index (χ2v) is 5.68. The molecule has 0 aromatic rings. The van der Waals surface area contributed by atoms with E-state index in [0.29, 0.717) is 25.5 Å². The molecule has 5 N–H and O–H groups in total. The normalized spacial score (nSPS) is 12.7. The van der Waals surface area contributed by atoms with E-state index in [1.165, 1.54) is 12.8 Å². The minimum atomic E-state index is -0.745. The van der Waals surface area contributed by atoms with Crippen LogP contribution in [0.4, 0.5) is 0 Å². The molecule has 0 aliphatic heterocycles. The van der Waals surface area contributed by atoms with E-state index in [4.69, 9.17) is 21.3 Å². The molecule has 0 saturated carbocycles. The van der Waals surface area contributed by atoms with E-state index in [0.717, 1.165) is 25.7 Å². The highest BCUT2D eigenvalue weighted by Crippen LogP contribution is 2.13.